The van der Waals surface area contributed by atoms with Crippen LogP contribution in [-0.4, -0.2) is 18.4 Å². The van der Waals surface area contributed by atoms with Gasteiger partial charge in [0.05, 0.1) is 0 Å². The van der Waals surface area contributed by atoms with Crippen molar-refractivity contribution < 1.29 is 18.7 Å². The van der Waals surface area contributed by atoms with Crippen molar-refractivity contribution in [1.82, 2.24) is 5.32 Å². The van der Waals surface area contributed by atoms with E-state index in [2.05, 4.69) is 5.32 Å². The monoisotopic (exact) mass is 327 g/mol. The van der Waals surface area contributed by atoms with Gasteiger partial charge in [0.15, 0.2) is 0 Å². The summed E-state index contributed by atoms with van der Waals surface area (Å²) in [6.07, 6.45) is 0.719. The number of ether oxygens (including phenoxy) is 1. The van der Waals surface area contributed by atoms with Gasteiger partial charge in [0.25, 0.3) is 0 Å². The molecule has 1 saturated carbocycles. The number of amides is 1. The summed E-state index contributed by atoms with van der Waals surface area (Å²) in [5.41, 5.74) is 1.85. The summed E-state index contributed by atoms with van der Waals surface area (Å²) in [5, 5.41) is 2.60. The first-order chi connectivity index (χ1) is 11.6. The van der Waals surface area contributed by atoms with Crippen LogP contribution in [-0.2, 0) is 20.9 Å². The average molecular weight is 327 g/mol. The van der Waals surface area contributed by atoms with Crippen molar-refractivity contribution in [2.45, 2.75) is 18.9 Å². The minimum atomic E-state index is -0.466. The zero-order chi connectivity index (χ0) is 16.9. The van der Waals surface area contributed by atoms with E-state index in [1.165, 1.54) is 12.1 Å². The largest absolute Gasteiger partial charge is 0.460 e. The van der Waals surface area contributed by atoms with Gasteiger partial charge in [-0.25, -0.2) is 4.39 Å². The molecule has 1 amide bonds. The van der Waals surface area contributed by atoms with E-state index in [4.69, 9.17) is 4.74 Å². The summed E-state index contributed by atoms with van der Waals surface area (Å²) in [7, 11) is 0. The van der Waals surface area contributed by atoms with Gasteiger partial charge in [0, 0.05) is 5.92 Å². The average Bonchev–Trinajstić information content (AvgIpc) is 3.40. The minimum absolute atomic E-state index is 0.103. The second-order valence-electron chi connectivity index (χ2n) is 5.86. The molecule has 0 aromatic heterocycles. The molecule has 4 nitrogen and oxygen atoms in total. The number of carbonyl (C=O) groups excluding carboxylic acids is 2. The maximum Gasteiger partial charge on any atom is 0.325 e. The summed E-state index contributed by atoms with van der Waals surface area (Å²) < 4.78 is 18.0. The molecule has 124 valence electrons. The number of hydrogen-bond donors (Lipinski definition) is 1. The van der Waals surface area contributed by atoms with Crippen molar-refractivity contribution in [2.75, 3.05) is 6.54 Å². The fourth-order valence-electron chi connectivity index (χ4n) is 2.64. The van der Waals surface area contributed by atoms with E-state index in [9.17, 15) is 14.0 Å². The number of benzene rings is 2. The van der Waals surface area contributed by atoms with Gasteiger partial charge >= 0.3 is 5.97 Å². The molecule has 0 saturated heterocycles. The molecule has 1 N–H and O–H groups in total. The first kappa shape index (κ1) is 16.2. The Morgan fingerprint density at radius 2 is 1.79 bits per heavy atom. The molecule has 0 heterocycles. The predicted molar refractivity (Wildman–Crippen MR) is 86.5 cm³/mol. The molecule has 0 spiro atoms. The summed E-state index contributed by atoms with van der Waals surface area (Å²) >= 11 is 0. The lowest BCUT2D eigenvalue weighted by molar-refractivity contribution is -0.145. The van der Waals surface area contributed by atoms with Crippen molar-refractivity contribution in [3.8, 4) is 0 Å². The second kappa shape index (κ2) is 7.25. The van der Waals surface area contributed by atoms with Gasteiger partial charge in [-0.2, -0.15) is 0 Å². The van der Waals surface area contributed by atoms with Gasteiger partial charge in [-0.15, -0.1) is 0 Å². The minimum Gasteiger partial charge on any atom is -0.460 e. The van der Waals surface area contributed by atoms with Crippen molar-refractivity contribution >= 4 is 11.9 Å². The predicted octanol–water partition coefficient (Wildman–Crippen LogP) is 2.79. The molecule has 1 fully saturated rings. The Hall–Kier alpha value is -2.69. The number of rotatable bonds is 6. The molecule has 2 atom stereocenters. The van der Waals surface area contributed by atoms with Crippen LogP contribution in [0.1, 0.15) is 23.5 Å². The van der Waals surface area contributed by atoms with E-state index in [0.29, 0.717) is 0 Å². The molecule has 24 heavy (non-hydrogen) atoms. The number of hydrogen-bond acceptors (Lipinski definition) is 3. The van der Waals surface area contributed by atoms with Gasteiger partial charge in [0.2, 0.25) is 5.91 Å². The standard InChI is InChI=1S/C19H18FNO3/c20-15-8-6-14(7-9-15)16-10-17(16)19(23)21-11-18(22)24-12-13-4-2-1-3-5-13/h1-9,16-17H,10-12H2,(H,21,23). The Labute approximate surface area is 139 Å². The molecular formula is C19H18FNO3. The quantitative estimate of drug-likeness (QED) is 0.830. The molecule has 1 aliphatic carbocycles. The Balaban J connectivity index is 1.40. The van der Waals surface area contributed by atoms with Gasteiger partial charge in [-0.05, 0) is 35.6 Å². The summed E-state index contributed by atoms with van der Waals surface area (Å²) in [6, 6.07) is 15.5. The van der Waals surface area contributed by atoms with Crippen LogP contribution in [0.4, 0.5) is 4.39 Å². The smallest absolute Gasteiger partial charge is 0.325 e. The third kappa shape index (κ3) is 4.19. The first-order valence-electron chi connectivity index (χ1n) is 7.86. The van der Waals surface area contributed by atoms with Gasteiger partial charge in [-0.1, -0.05) is 42.5 Å². The molecule has 2 aromatic carbocycles. The molecule has 0 aliphatic heterocycles. The van der Waals surface area contributed by atoms with E-state index < -0.39 is 5.97 Å². The Morgan fingerprint density at radius 1 is 1.08 bits per heavy atom. The fraction of sp³-hybridized carbons (Fsp3) is 0.263. The summed E-state index contributed by atoms with van der Waals surface area (Å²) in [6.45, 7) is 0.0511. The van der Waals surface area contributed by atoms with E-state index >= 15 is 0 Å². The van der Waals surface area contributed by atoms with Crippen LogP contribution in [0, 0.1) is 11.7 Å². The highest BCUT2D eigenvalue weighted by molar-refractivity contribution is 5.86. The third-order valence-corrected chi connectivity index (χ3v) is 4.07. The van der Waals surface area contributed by atoms with Crippen LogP contribution in [0.25, 0.3) is 0 Å². The van der Waals surface area contributed by atoms with E-state index in [-0.39, 0.29) is 36.7 Å². The van der Waals surface area contributed by atoms with E-state index in [1.807, 2.05) is 30.3 Å². The zero-order valence-corrected chi connectivity index (χ0v) is 13.1. The maximum absolute atomic E-state index is 12.9. The number of carbonyl (C=O) groups is 2. The number of nitrogens with one attached hydrogen (secondary N) is 1. The van der Waals surface area contributed by atoms with Crippen molar-refractivity contribution in [1.29, 1.82) is 0 Å². The Morgan fingerprint density at radius 3 is 2.50 bits per heavy atom. The van der Waals surface area contributed by atoms with Crippen LogP contribution in [0.3, 0.4) is 0 Å². The van der Waals surface area contributed by atoms with Crippen LogP contribution in [0.5, 0.6) is 0 Å². The molecule has 2 unspecified atom stereocenters. The first-order valence-corrected chi connectivity index (χ1v) is 7.86. The van der Waals surface area contributed by atoms with Gasteiger partial charge in [-0.3, -0.25) is 9.59 Å². The molecule has 0 bridgehead atoms. The van der Waals surface area contributed by atoms with Crippen LogP contribution in [0.2, 0.25) is 0 Å². The Kier molecular flexibility index (Phi) is 4.89. The third-order valence-electron chi connectivity index (χ3n) is 4.07. The number of esters is 1. The molecule has 1 aliphatic rings. The van der Waals surface area contributed by atoms with Gasteiger partial charge in [0.1, 0.15) is 19.0 Å². The molecule has 0 radical (unpaired) electrons. The highest BCUT2D eigenvalue weighted by Gasteiger charge is 2.43. The van der Waals surface area contributed by atoms with E-state index in [0.717, 1.165) is 17.5 Å². The maximum atomic E-state index is 12.9. The lowest BCUT2D eigenvalue weighted by Crippen LogP contribution is -2.32. The normalized spacial score (nSPS) is 18.7. The molecular weight excluding hydrogens is 309 g/mol. The lowest BCUT2D eigenvalue weighted by atomic mass is 10.1. The van der Waals surface area contributed by atoms with Crippen molar-refractivity contribution in [2.24, 2.45) is 5.92 Å². The number of halogens is 1. The Bertz CT molecular complexity index is 715. The summed E-state index contributed by atoms with van der Waals surface area (Å²) in [4.78, 5) is 23.7. The van der Waals surface area contributed by atoms with Gasteiger partial charge < -0.3 is 10.1 Å². The molecule has 5 heteroatoms. The van der Waals surface area contributed by atoms with Crippen LogP contribution < -0.4 is 5.32 Å². The molecule has 3 rings (SSSR count). The van der Waals surface area contributed by atoms with Crippen LogP contribution in [0.15, 0.2) is 54.6 Å². The molecule has 2 aromatic rings. The van der Waals surface area contributed by atoms with Crippen LogP contribution >= 0.6 is 0 Å². The SMILES string of the molecule is O=C(CNC(=O)C1CC1c1ccc(F)cc1)OCc1ccccc1. The highest BCUT2D eigenvalue weighted by Crippen LogP contribution is 2.47. The lowest BCUT2D eigenvalue weighted by Gasteiger charge is -2.06. The van der Waals surface area contributed by atoms with Crippen molar-refractivity contribution in [3.63, 3.8) is 0 Å². The second-order valence-corrected chi connectivity index (χ2v) is 5.86. The highest BCUT2D eigenvalue weighted by atomic mass is 19.1. The summed E-state index contributed by atoms with van der Waals surface area (Å²) in [5.74, 6) is -0.975. The topological polar surface area (TPSA) is 55.4 Å². The van der Waals surface area contributed by atoms with Crippen molar-refractivity contribution in [3.05, 3.63) is 71.5 Å². The zero-order valence-electron chi connectivity index (χ0n) is 13.1. The fourth-order valence-corrected chi connectivity index (χ4v) is 2.64. The van der Waals surface area contributed by atoms with E-state index in [1.54, 1.807) is 12.1 Å².